The molecule has 0 aliphatic carbocycles. The summed E-state index contributed by atoms with van der Waals surface area (Å²) in [7, 11) is -3.00. The minimum absolute atomic E-state index is 0.0328. The highest BCUT2D eigenvalue weighted by Crippen LogP contribution is 2.20. The Morgan fingerprint density at radius 1 is 1.35 bits per heavy atom. The minimum atomic E-state index is -3.00. The summed E-state index contributed by atoms with van der Waals surface area (Å²) in [6.45, 7) is 3.20. The van der Waals surface area contributed by atoms with E-state index in [0.717, 1.165) is 5.56 Å². The van der Waals surface area contributed by atoms with E-state index in [2.05, 4.69) is 10.3 Å². The second-order valence-electron chi connectivity index (χ2n) is 6.46. The van der Waals surface area contributed by atoms with E-state index in [-0.39, 0.29) is 30.0 Å². The summed E-state index contributed by atoms with van der Waals surface area (Å²) < 4.78 is 28.7. The molecule has 1 fully saturated rings. The lowest BCUT2D eigenvalue weighted by Gasteiger charge is -2.19. The predicted octanol–water partition coefficient (Wildman–Crippen LogP) is 1.47. The van der Waals surface area contributed by atoms with Gasteiger partial charge in [-0.1, -0.05) is 37.3 Å². The average Bonchev–Trinajstić information content (AvgIpc) is 3.21. The zero-order chi connectivity index (χ0) is 18.6. The molecule has 3 rings (SSSR count). The van der Waals surface area contributed by atoms with Crippen molar-refractivity contribution >= 4 is 15.7 Å². The Labute approximate surface area is 153 Å². The van der Waals surface area contributed by atoms with Gasteiger partial charge >= 0.3 is 0 Å². The number of amides is 1. The van der Waals surface area contributed by atoms with Gasteiger partial charge in [-0.15, -0.1) is 0 Å². The van der Waals surface area contributed by atoms with Crippen LogP contribution in [0.2, 0.25) is 0 Å². The lowest BCUT2D eigenvalue weighted by atomic mass is 10.2. The van der Waals surface area contributed by atoms with Crippen molar-refractivity contribution in [3.8, 4) is 11.3 Å². The second-order valence-corrected chi connectivity index (χ2v) is 8.68. The van der Waals surface area contributed by atoms with Gasteiger partial charge in [-0.05, 0) is 13.0 Å². The largest absolute Gasteiger partial charge is 0.439 e. The number of hydrogen-bond donors (Lipinski definition) is 1. The molecule has 1 aliphatic heterocycles. The van der Waals surface area contributed by atoms with Gasteiger partial charge in [0.05, 0.1) is 30.8 Å². The minimum Gasteiger partial charge on any atom is -0.439 e. The van der Waals surface area contributed by atoms with Crippen LogP contribution in [0.15, 0.2) is 40.9 Å². The number of nitrogens with one attached hydrogen (secondary N) is 1. The second kappa shape index (κ2) is 8.01. The third-order valence-electron chi connectivity index (χ3n) is 4.38. The predicted molar refractivity (Wildman–Crippen MR) is 98.1 cm³/mol. The smallest absolute Gasteiger partial charge is 0.234 e. The molecule has 8 heteroatoms. The van der Waals surface area contributed by atoms with E-state index in [9.17, 15) is 13.2 Å². The van der Waals surface area contributed by atoms with Crippen LogP contribution in [-0.2, 0) is 21.2 Å². The van der Waals surface area contributed by atoms with Crippen LogP contribution in [0.25, 0.3) is 11.3 Å². The quantitative estimate of drug-likeness (QED) is 0.785. The molecule has 1 aliphatic rings. The van der Waals surface area contributed by atoms with Crippen LogP contribution in [0.1, 0.15) is 19.2 Å². The van der Waals surface area contributed by atoms with Gasteiger partial charge in [0.1, 0.15) is 0 Å². The normalized spacial score (nSPS) is 18.9. The van der Waals surface area contributed by atoms with Crippen LogP contribution in [0.3, 0.4) is 0 Å². The molecule has 0 bridgehead atoms. The molecule has 0 saturated carbocycles. The van der Waals surface area contributed by atoms with E-state index in [4.69, 9.17) is 4.42 Å². The van der Waals surface area contributed by atoms with Crippen LogP contribution >= 0.6 is 0 Å². The molecule has 7 nitrogen and oxygen atoms in total. The standard InChI is InChI=1S/C18H23N3O4S/c1-2-21(11-17(22)20-15-8-9-26(23,24)13-15)12-18-19-10-16(25-18)14-6-4-3-5-7-14/h3-7,10,15H,2,8-9,11-13H2,1H3,(H,20,22)/t15-/m1/s1. The third-order valence-corrected chi connectivity index (χ3v) is 6.15. The number of benzene rings is 1. The van der Waals surface area contributed by atoms with Crippen LogP contribution in [0, 0.1) is 0 Å². The highest BCUT2D eigenvalue weighted by Gasteiger charge is 2.29. The first kappa shape index (κ1) is 18.6. The fourth-order valence-corrected chi connectivity index (χ4v) is 4.65. The summed E-state index contributed by atoms with van der Waals surface area (Å²) in [4.78, 5) is 18.4. The molecule has 2 heterocycles. The third kappa shape index (κ3) is 4.92. The van der Waals surface area contributed by atoms with Gasteiger partial charge in [0.2, 0.25) is 11.8 Å². The molecule has 1 saturated heterocycles. The Balaban J connectivity index is 1.55. The van der Waals surface area contributed by atoms with Gasteiger partial charge in [-0.2, -0.15) is 0 Å². The first-order chi connectivity index (χ1) is 12.4. The maximum Gasteiger partial charge on any atom is 0.234 e. The topological polar surface area (TPSA) is 92.5 Å². The fourth-order valence-electron chi connectivity index (χ4n) is 2.98. The highest BCUT2D eigenvalue weighted by molar-refractivity contribution is 7.91. The average molecular weight is 377 g/mol. The van der Waals surface area contributed by atoms with Crippen molar-refractivity contribution in [2.75, 3.05) is 24.6 Å². The zero-order valence-electron chi connectivity index (χ0n) is 14.7. The van der Waals surface area contributed by atoms with Crippen LogP contribution in [-0.4, -0.2) is 54.8 Å². The van der Waals surface area contributed by atoms with Crippen molar-refractivity contribution in [1.29, 1.82) is 0 Å². The van der Waals surface area contributed by atoms with Gasteiger partial charge < -0.3 is 9.73 Å². The van der Waals surface area contributed by atoms with Crippen molar-refractivity contribution in [2.45, 2.75) is 25.9 Å². The van der Waals surface area contributed by atoms with Gasteiger partial charge in [0, 0.05) is 11.6 Å². The molecular formula is C18H23N3O4S. The van der Waals surface area contributed by atoms with Gasteiger partial charge in [0.15, 0.2) is 15.6 Å². The van der Waals surface area contributed by atoms with Crippen LogP contribution in [0.4, 0.5) is 0 Å². The Bertz CT molecular complexity index is 848. The molecule has 1 aromatic carbocycles. The van der Waals surface area contributed by atoms with E-state index >= 15 is 0 Å². The number of carbonyl (C=O) groups is 1. The number of rotatable bonds is 7. The first-order valence-corrected chi connectivity index (χ1v) is 10.5. The fraction of sp³-hybridized carbons (Fsp3) is 0.444. The Morgan fingerprint density at radius 2 is 2.12 bits per heavy atom. The number of sulfone groups is 1. The molecule has 1 aromatic heterocycles. The molecule has 26 heavy (non-hydrogen) atoms. The van der Waals surface area contributed by atoms with Crippen LogP contribution < -0.4 is 5.32 Å². The SMILES string of the molecule is CCN(CC(=O)N[C@@H]1CCS(=O)(=O)C1)Cc1ncc(-c2ccccc2)o1. The van der Waals surface area contributed by atoms with Crippen molar-refractivity contribution < 1.29 is 17.6 Å². The summed E-state index contributed by atoms with van der Waals surface area (Å²) in [6.07, 6.45) is 2.17. The first-order valence-electron chi connectivity index (χ1n) is 8.67. The molecule has 140 valence electrons. The Morgan fingerprint density at radius 3 is 2.77 bits per heavy atom. The van der Waals surface area contributed by atoms with Gasteiger partial charge in [-0.25, -0.2) is 13.4 Å². The highest BCUT2D eigenvalue weighted by atomic mass is 32.2. The molecule has 0 spiro atoms. The van der Waals surface area contributed by atoms with Gasteiger partial charge in [-0.3, -0.25) is 9.69 Å². The van der Waals surface area contributed by atoms with E-state index in [0.29, 0.717) is 31.2 Å². The van der Waals surface area contributed by atoms with E-state index in [1.54, 1.807) is 6.20 Å². The summed E-state index contributed by atoms with van der Waals surface area (Å²) >= 11 is 0. The number of hydrogen-bond acceptors (Lipinski definition) is 6. The van der Waals surface area contributed by atoms with Crippen LogP contribution in [0.5, 0.6) is 0 Å². The lowest BCUT2D eigenvalue weighted by molar-refractivity contribution is -0.122. The van der Waals surface area contributed by atoms with Crippen molar-refractivity contribution in [2.24, 2.45) is 0 Å². The molecule has 1 N–H and O–H groups in total. The molecule has 1 atom stereocenters. The van der Waals surface area contributed by atoms with Crippen molar-refractivity contribution in [1.82, 2.24) is 15.2 Å². The maximum atomic E-state index is 12.2. The monoisotopic (exact) mass is 377 g/mol. The molecule has 1 amide bonds. The van der Waals surface area contributed by atoms with E-state index in [1.807, 2.05) is 42.2 Å². The molecule has 0 radical (unpaired) electrons. The van der Waals surface area contributed by atoms with Crippen molar-refractivity contribution in [3.63, 3.8) is 0 Å². The zero-order valence-corrected chi connectivity index (χ0v) is 15.5. The molecule has 0 unspecified atom stereocenters. The lowest BCUT2D eigenvalue weighted by Crippen LogP contribution is -2.42. The van der Waals surface area contributed by atoms with E-state index < -0.39 is 9.84 Å². The summed E-state index contributed by atoms with van der Waals surface area (Å²) in [5.41, 5.74) is 0.953. The summed E-state index contributed by atoms with van der Waals surface area (Å²) in [5, 5.41) is 2.81. The molecular weight excluding hydrogens is 354 g/mol. The number of aromatic nitrogens is 1. The Hall–Kier alpha value is -2.19. The van der Waals surface area contributed by atoms with E-state index in [1.165, 1.54) is 0 Å². The maximum absolute atomic E-state index is 12.2. The summed E-state index contributed by atoms with van der Waals surface area (Å²) in [6, 6.07) is 9.43. The number of nitrogens with zero attached hydrogens (tertiary/aromatic N) is 2. The number of oxazole rings is 1. The number of likely N-dealkylation sites (N-methyl/N-ethyl adjacent to an activating group) is 1. The Kier molecular flexibility index (Phi) is 5.73. The van der Waals surface area contributed by atoms with Gasteiger partial charge in [0.25, 0.3) is 0 Å². The summed E-state index contributed by atoms with van der Waals surface area (Å²) in [5.74, 6) is 1.24. The molecule has 2 aromatic rings. The van der Waals surface area contributed by atoms with Crippen molar-refractivity contribution in [3.05, 3.63) is 42.4 Å². The number of carbonyl (C=O) groups excluding carboxylic acids is 1.